The van der Waals surface area contributed by atoms with Crippen LogP contribution in [0.4, 0.5) is 17.6 Å². The molecule has 0 aliphatic carbocycles. The first kappa shape index (κ1) is 41.7. The zero-order chi connectivity index (χ0) is 37.9. The third-order valence-corrected chi connectivity index (χ3v) is 9.23. The van der Waals surface area contributed by atoms with Crippen LogP contribution >= 0.6 is 45.2 Å². The fourth-order valence-electron chi connectivity index (χ4n) is 5.03. The molecule has 2 heterocycles. The van der Waals surface area contributed by atoms with Gasteiger partial charge in [0.2, 0.25) is 0 Å². The topological polar surface area (TPSA) is 127 Å². The number of nitrogens with zero attached hydrogens (tertiary/aromatic N) is 2. The van der Waals surface area contributed by atoms with E-state index in [2.05, 4.69) is 9.47 Å². The molecule has 0 N–H and O–H groups in total. The molecule has 2 aliphatic heterocycles. The van der Waals surface area contributed by atoms with Gasteiger partial charge < -0.3 is 9.47 Å². The Bertz CT molecular complexity index is 1660. The van der Waals surface area contributed by atoms with Crippen molar-refractivity contribution in [3.63, 3.8) is 0 Å². The van der Waals surface area contributed by atoms with Gasteiger partial charge in [0, 0.05) is 25.2 Å². The Balaban J connectivity index is 0.000000276. The number of fused-ring (bicyclic) bond motifs is 2. The number of benzene rings is 2. The van der Waals surface area contributed by atoms with Crippen molar-refractivity contribution in [2.45, 2.75) is 57.3 Å². The number of hydrogen-bond donors (Lipinski definition) is 0. The average molecular weight is 940 g/mol. The molecule has 0 aromatic heterocycles. The largest absolute Gasteiger partial charge is 0.464 e. The van der Waals surface area contributed by atoms with E-state index in [1.807, 2.05) is 0 Å². The van der Waals surface area contributed by atoms with Gasteiger partial charge in [0.05, 0.1) is 36.0 Å². The maximum Gasteiger partial charge on any atom is 0.381 e. The van der Waals surface area contributed by atoms with E-state index >= 15 is 0 Å². The van der Waals surface area contributed by atoms with Gasteiger partial charge in [-0.3, -0.25) is 29.0 Å². The fraction of sp³-hybridized carbons (Fsp3) is 0.371. The Hall–Kier alpha value is -3.68. The first-order chi connectivity index (χ1) is 24.0. The molecule has 0 saturated heterocycles. The number of allylic oxidation sites excluding steroid dienone is 2. The Morgan fingerprint density at radius 1 is 0.647 bits per heavy atom. The van der Waals surface area contributed by atoms with Gasteiger partial charge in [0.25, 0.3) is 23.6 Å². The number of alkyl halides is 4. The van der Waals surface area contributed by atoms with E-state index in [4.69, 9.17) is 0 Å². The first-order valence-corrected chi connectivity index (χ1v) is 17.9. The SMILES string of the molecule is CCOC(=O)C(F)(F)C=C(I)CCCCN1C(=O)c2ccccc2C1=O.COC(=O)C(F)(F)C=C(I)CCCCN1C(=O)c2ccccc2C1=O. The highest BCUT2D eigenvalue weighted by Gasteiger charge is 2.39. The van der Waals surface area contributed by atoms with Gasteiger partial charge >= 0.3 is 23.8 Å². The van der Waals surface area contributed by atoms with Crippen LogP contribution in [0.2, 0.25) is 0 Å². The second-order valence-corrected chi connectivity index (χ2v) is 13.9. The van der Waals surface area contributed by atoms with Gasteiger partial charge in [-0.2, -0.15) is 17.6 Å². The summed E-state index contributed by atoms with van der Waals surface area (Å²) >= 11 is 3.49. The van der Waals surface area contributed by atoms with E-state index in [0.717, 1.165) is 7.11 Å². The number of methoxy groups -OCH3 is 1. The lowest BCUT2D eigenvalue weighted by Gasteiger charge is -2.14. The summed E-state index contributed by atoms with van der Waals surface area (Å²) in [6.45, 7) is 1.80. The van der Waals surface area contributed by atoms with Crippen LogP contribution in [0.5, 0.6) is 0 Å². The van der Waals surface area contributed by atoms with Gasteiger partial charge in [-0.25, -0.2) is 9.59 Å². The minimum absolute atomic E-state index is 0.112. The lowest BCUT2D eigenvalue weighted by molar-refractivity contribution is -0.164. The predicted octanol–water partition coefficient (Wildman–Crippen LogP) is 7.55. The fourth-order valence-corrected chi connectivity index (χ4v) is 6.58. The van der Waals surface area contributed by atoms with Gasteiger partial charge in [-0.15, -0.1) is 0 Å². The third kappa shape index (κ3) is 10.9. The standard InChI is InChI=1S/C18H18F2INO4.C17H16F2INO4/c1-2-26-17(25)18(19,20)11-12(21)7-5-6-10-22-15(23)13-8-3-4-9-14(13)16(22)24;1-25-16(24)17(18,19)10-11(20)6-4-5-9-21-14(22)12-7-2-3-8-13(12)15(21)23/h3-4,8-9,11H,2,5-7,10H2,1H3;2-3,7-8,10H,4-6,9H2,1H3. The Morgan fingerprint density at radius 3 is 1.29 bits per heavy atom. The molecule has 4 amide bonds. The molecular formula is C35H34F4I2N2O8. The second-order valence-electron chi connectivity index (χ2n) is 11.2. The van der Waals surface area contributed by atoms with Gasteiger partial charge in [0.15, 0.2) is 0 Å². The summed E-state index contributed by atoms with van der Waals surface area (Å²) in [5.74, 6) is -11.8. The van der Waals surface area contributed by atoms with Crippen molar-refractivity contribution in [2.24, 2.45) is 0 Å². The summed E-state index contributed by atoms with van der Waals surface area (Å²) in [6, 6.07) is 13.2. The van der Waals surface area contributed by atoms with Crippen LogP contribution in [0.25, 0.3) is 0 Å². The molecule has 4 rings (SSSR count). The second kappa shape index (κ2) is 18.7. The van der Waals surface area contributed by atoms with E-state index in [9.17, 15) is 46.3 Å². The summed E-state index contributed by atoms with van der Waals surface area (Å²) in [5, 5.41) is 0. The molecule has 0 atom stereocenters. The molecular weight excluding hydrogens is 906 g/mol. The summed E-state index contributed by atoms with van der Waals surface area (Å²) < 4.78 is 63.1. The number of rotatable bonds is 15. The highest BCUT2D eigenvalue weighted by Crippen LogP contribution is 2.28. The highest BCUT2D eigenvalue weighted by molar-refractivity contribution is 14.1. The van der Waals surface area contributed by atoms with E-state index in [1.165, 1.54) is 16.7 Å². The number of ether oxygens (including phenoxy) is 2. The van der Waals surface area contributed by atoms with Crippen LogP contribution in [0.1, 0.15) is 86.9 Å². The van der Waals surface area contributed by atoms with Crippen molar-refractivity contribution in [2.75, 3.05) is 26.8 Å². The lowest BCUT2D eigenvalue weighted by Crippen LogP contribution is -2.30. The predicted molar refractivity (Wildman–Crippen MR) is 194 cm³/mol. The maximum absolute atomic E-state index is 13.6. The smallest absolute Gasteiger partial charge is 0.381 e. The van der Waals surface area contributed by atoms with Crippen molar-refractivity contribution in [3.05, 3.63) is 90.1 Å². The average Bonchev–Trinajstić information content (AvgIpc) is 3.48. The number of carbonyl (C=O) groups is 6. The summed E-state index contributed by atoms with van der Waals surface area (Å²) in [5.41, 5.74) is 1.56. The van der Waals surface area contributed by atoms with Crippen LogP contribution in [0, 0.1) is 0 Å². The number of unbranched alkanes of at least 4 members (excludes halogenated alkanes) is 2. The molecule has 0 bridgehead atoms. The van der Waals surface area contributed by atoms with Crippen LogP contribution in [0.15, 0.2) is 67.8 Å². The third-order valence-electron chi connectivity index (χ3n) is 7.53. The molecule has 16 heteroatoms. The molecule has 2 aromatic rings. The zero-order valence-electron chi connectivity index (χ0n) is 27.6. The van der Waals surface area contributed by atoms with E-state index in [1.54, 1.807) is 93.7 Å². The zero-order valence-corrected chi connectivity index (χ0v) is 31.9. The molecule has 0 saturated carbocycles. The molecule has 0 spiro atoms. The minimum atomic E-state index is -3.66. The number of amides is 4. The highest BCUT2D eigenvalue weighted by atomic mass is 127. The summed E-state index contributed by atoms with van der Waals surface area (Å²) in [7, 11) is 0.902. The molecule has 10 nitrogen and oxygen atoms in total. The quantitative estimate of drug-likeness (QED) is 0.0590. The Labute approximate surface area is 318 Å². The molecule has 274 valence electrons. The van der Waals surface area contributed by atoms with Crippen LogP contribution in [-0.2, 0) is 19.1 Å². The maximum atomic E-state index is 13.6. The first-order valence-electron chi connectivity index (χ1n) is 15.7. The lowest BCUT2D eigenvalue weighted by atomic mass is 10.1. The van der Waals surface area contributed by atoms with Crippen LogP contribution in [-0.4, -0.2) is 84.0 Å². The number of carbonyl (C=O) groups excluding carboxylic acids is 6. The minimum Gasteiger partial charge on any atom is -0.464 e. The van der Waals surface area contributed by atoms with Gasteiger partial charge in [0.1, 0.15) is 0 Å². The number of hydrogen-bond acceptors (Lipinski definition) is 8. The number of esters is 2. The van der Waals surface area contributed by atoms with Crippen LogP contribution < -0.4 is 0 Å². The van der Waals surface area contributed by atoms with Crippen molar-refractivity contribution in [3.8, 4) is 0 Å². The van der Waals surface area contributed by atoms with Gasteiger partial charge in [-0.1, -0.05) is 24.3 Å². The molecule has 2 aliphatic rings. The van der Waals surface area contributed by atoms with Crippen molar-refractivity contribution in [1.82, 2.24) is 9.80 Å². The van der Waals surface area contributed by atoms with Gasteiger partial charge in [-0.05, 0) is 122 Å². The number of halogens is 6. The van der Waals surface area contributed by atoms with Crippen molar-refractivity contribution >= 4 is 80.7 Å². The van der Waals surface area contributed by atoms with E-state index < -0.39 is 23.8 Å². The molecule has 51 heavy (non-hydrogen) atoms. The summed E-state index contributed by atoms with van der Waals surface area (Å²) in [6.07, 6.45) is 3.76. The van der Waals surface area contributed by atoms with E-state index in [0.29, 0.717) is 80.1 Å². The molecule has 0 fully saturated rings. The van der Waals surface area contributed by atoms with Crippen LogP contribution in [0.3, 0.4) is 0 Å². The Morgan fingerprint density at radius 2 is 0.980 bits per heavy atom. The molecule has 0 radical (unpaired) electrons. The number of imide groups is 2. The van der Waals surface area contributed by atoms with Crippen molar-refractivity contribution < 1.29 is 55.8 Å². The molecule has 0 unspecified atom stereocenters. The molecule has 2 aromatic carbocycles. The monoisotopic (exact) mass is 940 g/mol. The van der Waals surface area contributed by atoms with Crippen molar-refractivity contribution in [1.29, 1.82) is 0 Å². The Kier molecular flexibility index (Phi) is 15.3. The normalized spacial score (nSPS) is 14.7. The van der Waals surface area contributed by atoms with E-state index in [-0.39, 0.29) is 43.3 Å². The summed E-state index contributed by atoms with van der Waals surface area (Å²) in [4.78, 5) is 73.2.